The third kappa shape index (κ3) is 3.93. The number of amides is 2. The molecule has 5 nitrogen and oxygen atoms in total. The first-order chi connectivity index (χ1) is 8.59. The molecule has 19 heavy (non-hydrogen) atoms. The molecule has 0 saturated carbocycles. The summed E-state index contributed by atoms with van der Waals surface area (Å²) in [6.45, 7) is 9.86. The molecule has 1 fully saturated rings. The maximum absolute atomic E-state index is 12.1. The van der Waals surface area contributed by atoms with E-state index in [9.17, 15) is 14.7 Å². The predicted molar refractivity (Wildman–Crippen MR) is 73.5 cm³/mol. The average molecular weight is 270 g/mol. The molecule has 2 N–H and O–H groups in total. The second-order valence-corrected chi connectivity index (χ2v) is 6.61. The fourth-order valence-corrected chi connectivity index (χ4v) is 2.19. The Bertz CT molecular complexity index is 354. The fourth-order valence-electron chi connectivity index (χ4n) is 2.19. The molecule has 0 aliphatic carbocycles. The number of carbonyl (C=O) groups is 2. The molecule has 1 heterocycles. The van der Waals surface area contributed by atoms with Crippen LogP contribution in [0.25, 0.3) is 0 Å². The minimum Gasteiger partial charge on any atom is -0.386 e. The van der Waals surface area contributed by atoms with Gasteiger partial charge in [-0.1, -0.05) is 34.1 Å². The monoisotopic (exact) mass is 270 g/mol. The number of rotatable bonds is 4. The third-order valence-corrected chi connectivity index (χ3v) is 3.40. The maximum Gasteiger partial charge on any atom is 0.245 e. The van der Waals surface area contributed by atoms with Crippen molar-refractivity contribution in [3.8, 4) is 0 Å². The van der Waals surface area contributed by atoms with Gasteiger partial charge in [0.05, 0.1) is 18.7 Å². The van der Waals surface area contributed by atoms with Gasteiger partial charge in [-0.15, -0.1) is 0 Å². The molecule has 0 aromatic rings. The second-order valence-electron chi connectivity index (χ2n) is 6.61. The standard InChI is InChI=1S/C14H26N2O3/c1-6-7-14(19)8-16(9-14)11(17)10(2)15-12(18)13(3,4)5/h10,19H,6-9H2,1-5H3,(H,15,18). The van der Waals surface area contributed by atoms with Crippen molar-refractivity contribution in [2.45, 2.75) is 59.1 Å². The molecule has 5 heteroatoms. The Morgan fingerprint density at radius 1 is 1.37 bits per heavy atom. The van der Waals surface area contributed by atoms with Crippen molar-refractivity contribution in [2.75, 3.05) is 13.1 Å². The maximum atomic E-state index is 12.1. The summed E-state index contributed by atoms with van der Waals surface area (Å²) in [6, 6.07) is -0.544. The van der Waals surface area contributed by atoms with Crippen molar-refractivity contribution >= 4 is 11.8 Å². The number of aliphatic hydroxyl groups is 1. The molecule has 0 radical (unpaired) electrons. The summed E-state index contributed by atoms with van der Waals surface area (Å²) in [5, 5.41) is 12.8. The molecule has 0 aromatic carbocycles. The van der Waals surface area contributed by atoms with E-state index in [-0.39, 0.29) is 11.8 Å². The summed E-state index contributed by atoms with van der Waals surface area (Å²) in [7, 11) is 0. The Balaban J connectivity index is 2.46. The van der Waals surface area contributed by atoms with Crippen molar-refractivity contribution in [1.82, 2.24) is 10.2 Å². The highest BCUT2D eigenvalue weighted by atomic mass is 16.3. The van der Waals surface area contributed by atoms with E-state index < -0.39 is 17.1 Å². The number of carbonyl (C=O) groups excluding carboxylic acids is 2. The van der Waals surface area contributed by atoms with Crippen LogP contribution < -0.4 is 5.32 Å². The van der Waals surface area contributed by atoms with Crippen LogP contribution in [0.3, 0.4) is 0 Å². The number of nitrogens with one attached hydrogen (secondary N) is 1. The molecule has 0 spiro atoms. The SMILES string of the molecule is CCCC1(O)CN(C(=O)C(C)NC(=O)C(C)(C)C)C1. The minimum absolute atomic E-state index is 0.127. The lowest BCUT2D eigenvalue weighted by Gasteiger charge is -2.47. The Morgan fingerprint density at radius 2 is 1.89 bits per heavy atom. The van der Waals surface area contributed by atoms with Crippen LogP contribution in [-0.2, 0) is 9.59 Å². The topological polar surface area (TPSA) is 69.6 Å². The Hall–Kier alpha value is -1.10. The van der Waals surface area contributed by atoms with Crippen LogP contribution in [-0.4, -0.2) is 46.6 Å². The highest BCUT2D eigenvalue weighted by molar-refractivity contribution is 5.89. The highest BCUT2D eigenvalue weighted by Gasteiger charge is 2.44. The van der Waals surface area contributed by atoms with Crippen LogP contribution in [0.4, 0.5) is 0 Å². The zero-order valence-electron chi connectivity index (χ0n) is 12.6. The Morgan fingerprint density at radius 3 is 2.32 bits per heavy atom. The van der Waals surface area contributed by atoms with Gasteiger partial charge < -0.3 is 15.3 Å². The van der Waals surface area contributed by atoms with Gasteiger partial charge in [0, 0.05) is 5.41 Å². The molecule has 0 bridgehead atoms. The molecule has 110 valence electrons. The summed E-state index contributed by atoms with van der Waals surface area (Å²) >= 11 is 0. The van der Waals surface area contributed by atoms with E-state index in [1.54, 1.807) is 11.8 Å². The van der Waals surface area contributed by atoms with Crippen LogP contribution in [0.2, 0.25) is 0 Å². The first-order valence-corrected chi connectivity index (χ1v) is 6.91. The summed E-state index contributed by atoms with van der Waals surface area (Å²) < 4.78 is 0. The van der Waals surface area contributed by atoms with E-state index in [4.69, 9.17) is 0 Å². The van der Waals surface area contributed by atoms with E-state index >= 15 is 0 Å². The molecule has 1 atom stereocenters. The third-order valence-electron chi connectivity index (χ3n) is 3.40. The van der Waals surface area contributed by atoms with E-state index in [0.29, 0.717) is 19.5 Å². The Kier molecular flexibility index (Phi) is 4.61. The van der Waals surface area contributed by atoms with E-state index in [0.717, 1.165) is 6.42 Å². The number of nitrogens with zero attached hydrogens (tertiary/aromatic N) is 1. The summed E-state index contributed by atoms with van der Waals surface area (Å²) in [5.41, 5.74) is -1.23. The quantitative estimate of drug-likeness (QED) is 0.798. The van der Waals surface area contributed by atoms with Crippen LogP contribution in [0.5, 0.6) is 0 Å². The number of β-amino-alcohol motifs (C(OH)–C–C–N with tert-alkyl or cyclic N) is 1. The lowest BCUT2D eigenvalue weighted by atomic mass is 9.88. The van der Waals surface area contributed by atoms with Crippen molar-refractivity contribution < 1.29 is 14.7 Å². The van der Waals surface area contributed by atoms with Gasteiger partial charge in [0.1, 0.15) is 6.04 Å². The van der Waals surface area contributed by atoms with Crippen molar-refractivity contribution in [3.05, 3.63) is 0 Å². The van der Waals surface area contributed by atoms with Gasteiger partial charge >= 0.3 is 0 Å². The normalized spacial score (nSPS) is 19.6. The summed E-state index contributed by atoms with van der Waals surface area (Å²) in [5.74, 6) is -0.268. The van der Waals surface area contributed by atoms with Gasteiger partial charge in [0.25, 0.3) is 0 Å². The fraction of sp³-hybridized carbons (Fsp3) is 0.857. The average Bonchev–Trinajstić information content (AvgIpc) is 2.23. The smallest absolute Gasteiger partial charge is 0.245 e. The second kappa shape index (κ2) is 5.49. The van der Waals surface area contributed by atoms with Crippen LogP contribution in [0, 0.1) is 5.41 Å². The van der Waals surface area contributed by atoms with Crippen LogP contribution in [0.15, 0.2) is 0 Å². The molecular weight excluding hydrogens is 244 g/mol. The van der Waals surface area contributed by atoms with E-state index in [1.807, 2.05) is 27.7 Å². The van der Waals surface area contributed by atoms with Gasteiger partial charge in [-0.25, -0.2) is 0 Å². The molecule has 1 aliphatic heterocycles. The molecule has 1 aliphatic rings. The molecule has 2 amide bonds. The largest absolute Gasteiger partial charge is 0.386 e. The van der Waals surface area contributed by atoms with Crippen molar-refractivity contribution in [3.63, 3.8) is 0 Å². The molecule has 0 aromatic heterocycles. The van der Waals surface area contributed by atoms with Crippen LogP contribution >= 0.6 is 0 Å². The molecular formula is C14H26N2O3. The van der Waals surface area contributed by atoms with Gasteiger partial charge in [-0.05, 0) is 13.3 Å². The van der Waals surface area contributed by atoms with Gasteiger partial charge in [0.2, 0.25) is 11.8 Å². The predicted octanol–water partition coefficient (Wildman–Crippen LogP) is 0.911. The van der Waals surface area contributed by atoms with Crippen LogP contribution in [0.1, 0.15) is 47.5 Å². The lowest BCUT2D eigenvalue weighted by Crippen LogP contribution is -2.66. The summed E-state index contributed by atoms with van der Waals surface area (Å²) in [4.78, 5) is 25.5. The van der Waals surface area contributed by atoms with E-state index in [1.165, 1.54) is 0 Å². The first kappa shape index (κ1) is 16.0. The molecule has 1 unspecified atom stereocenters. The number of likely N-dealkylation sites (tertiary alicyclic amines) is 1. The van der Waals surface area contributed by atoms with Gasteiger partial charge in [-0.3, -0.25) is 9.59 Å². The number of hydrogen-bond donors (Lipinski definition) is 2. The van der Waals surface area contributed by atoms with Gasteiger partial charge in [0.15, 0.2) is 0 Å². The zero-order chi connectivity index (χ0) is 14.8. The highest BCUT2D eigenvalue weighted by Crippen LogP contribution is 2.26. The number of hydrogen-bond acceptors (Lipinski definition) is 3. The zero-order valence-corrected chi connectivity index (χ0v) is 12.6. The Labute approximate surface area is 115 Å². The summed E-state index contributed by atoms with van der Waals surface area (Å²) in [6.07, 6.45) is 1.61. The lowest BCUT2D eigenvalue weighted by molar-refractivity contribution is -0.159. The first-order valence-electron chi connectivity index (χ1n) is 6.91. The molecule has 1 rings (SSSR count). The van der Waals surface area contributed by atoms with E-state index in [2.05, 4.69) is 5.32 Å². The minimum atomic E-state index is -0.724. The van der Waals surface area contributed by atoms with Crippen molar-refractivity contribution in [1.29, 1.82) is 0 Å². The van der Waals surface area contributed by atoms with Gasteiger partial charge in [-0.2, -0.15) is 0 Å². The molecule has 1 saturated heterocycles. The van der Waals surface area contributed by atoms with Crippen molar-refractivity contribution in [2.24, 2.45) is 5.41 Å².